The quantitative estimate of drug-likeness (QED) is 0.857. The first-order chi connectivity index (χ1) is 11.1. The van der Waals surface area contributed by atoms with Crippen LogP contribution in [0, 0.1) is 6.92 Å². The van der Waals surface area contributed by atoms with Gasteiger partial charge in [0.15, 0.2) is 0 Å². The summed E-state index contributed by atoms with van der Waals surface area (Å²) >= 11 is 0. The van der Waals surface area contributed by atoms with Crippen molar-refractivity contribution in [1.82, 2.24) is 14.5 Å². The number of aryl methyl sites for hydroxylation is 1. The molecule has 1 saturated heterocycles. The molecule has 1 amide bonds. The van der Waals surface area contributed by atoms with Crippen LogP contribution in [0.25, 0.3) is 10.9 Å². The Morgan fingerprint density at radius 2 is 2.26 bits per heavy atom. The van der Waals surface area contributed by atoms with E-state index in [-0.39, 0.29) is 24.1 Å². The van der Waals surface area contributed by atoms with Crippen molar-refractivity contribution in [3.63, 3.8) is 0 Å². The van der Waals surface area contributed by atoms with Crippen LogP contribution in [-0.4, -0.2) is 46.2 Å². The van der Waals surface area contributed by atoms with E-state index in [1.54, 1.807) is 11.0 Å². The number of morpholine rings is 1. The van der Waals surface area contributed by atoms with Crippen molar-refractivity contribution in [3.05, 3.63) is 40.4 Å². The number of para-hydroxylation sites is 1. The number of hydrogen-bond acceptors (Lipinski definition) is 4. The van der Waals surface area contributed by atoms with Crippen molar-refractivity contribution in [2.75, 3.05) is 19.7 Å². The fraction of sp³-hybridized carbons (Fsp3) is 0.471. The summed E-state index contributed by atoms with van der Waals surface area (Å²) in [6, 6.07) is 5.50. The lowest BCUT2D eigenvalue weighted by atomic mass is 10.1. The van der Waals surface area contributed by atoms with Gasteiger partial charge < -0.3 is 9.64 Å². The van der Waals surface area contributed by atoms with Crippen LogP contribution in [0.4, 0.5) is 0 Å². The third-order valence-electron chi connectivity index (χ3n) is 4.31. The molecule has 1 atom stereocenters. The Morgan fingerprint density at radius 1 is 1.43 bits per heavy atom. The van der Waals surface area contributed by atoms with E-state index in [0.29, 0.717) is 30.6 Å². The molecule has 2 aromatic rings. The fourth-order valence-electron chi connectivity index (χ4n) is 2.89. The normalized spacial score (nSPS) is 18.3. The number of benzene rings is 1. The van der Waals surface area contributed by atoms with Gasteiger partial charge in [0, 0.05) is 13.1 Å². The Balaban J connectivity index is 1.83. The van der Waals surface area contributed by atoms with Crippen LogP contribution in [0.2, 0.25) is 0 Å². The molecule has 0 N–H and O–H groups in total. The maximum absolute atomic E-state index is 12.5. The van der Waals surface area contributed by atoms with Crippen LogP contribution < -0.4 is 5.56 Å². The van der Waals surface area contributed by atoms with Gasteiger partial charge in [0.1, 0.15) is 6.54 Å². The Labute approximate surface area is 134 Å². The number of aromatic nitrogens is 2. The van der Waals surface area contributed by atoms with Crippen molar-refractivity contribution in [2.24, 2.45) is 0 Å². The van der Waals surface area contributed by atoms with E-state index in [0.717, 1.165) is 12.0 Å². The number of rotatable bonds is 3. The zero-order valence-corrected chi connectivity index (χ0v) is 13.5. The van der Waals surface area contributed by atoms with Gasteiger partial charge in [0.2, 0.25) is 5.91 Å². The van der Waals surface area contributed by atoms with Crippen LogP contribution in [0.1, 0.15) is 18.9 Å². The van der Waals surface area contributed by atoms with E-state index in [1.165, 1.54) is 10.9 Å². The number of amides is 1. The molecular weight excluding hydrogens is 294 g/mol. The number of nitrogens with zero attached hydrogens (tertiary/aromatic N) is 3. The Morgan fingerprint density at radius 3 is 3.04 bits per heavy atom. The predicted molar refractivity (Wildman–Crippen MR) is 87.4 cm³/mol. The summed E-state index contributed by atoms with van der Waals surface area (Å²) < 4.78 is 6.97. The first-order valence-corrected chi connectivity index (χ1v) is 7.94. The molecule has 6 nitrogen and oxygen atoms in total. The molecule has 0 spiro atoms. The van der Waals surface area contributed by atoms with Crippen LogP contribution in [0.3, 0.4) is 0 Å². The second-order valence-corrected chi connectivity index (χ2v) is 5.89. The SMILES string of the molecule is CC[C@@H]1CN(C(=O)Cn2cnc3c(C)cccc3c2=O)CCO1. The van der Waals surface area contributed by atoms with Gasteiger partial charge >= 0.3 is 0 Å². The average Bonchev–Trinajstić information content (AvgIpc) is 2.58. The Kier molecular flexibility index (Phi) is 4.43. The predicted octanol–water partition coefficient (Wildman–Crippen LogP) is 1.34. The molecule has 122 valence electrons. The standard InChI is InChI=1S/C17H21N3O3/c1-3-13-9-19(7-8-23-13)15(21)10-20-11-18-16-12(2)5-4-6-14(16)17(20)22/h4-6,11,13H,3,7-10H2,1-2H3/t13-/m1/s1. The Hall–Kier alpha value is -2.21. The lowest BCUT2D eigenvalue weighted by molar-refractivity contribution is -0.139. The summed E-state index contributed by atoms with van der Waals surface area (Å²) in [5, 5.41) is 0.550. The highest BCUT2D eigenvalue weighted by molar-refractivity contribution is 5.81. The summed E-state index contributed by atoms with van der Waals surface area (Å²) in [4.78, 5) is 31.1. The van der Waals surface area contributed by atoms with Gasteiger partial charge in [-0.15, -0.1) is 0 Å². The summed E-state index contributed by atoms with van der Waals surface area (Å²) in [6.45, 7) is 5.69. The van der Waals surface area contributed by atoms with Gasteiger partial charge in [0.25, 0.3) is 5.56 Å². The van der Waals surface area contributed by atoms with Gasteiger partial charge in [0.05, 0.1) is 29.9 Å². The number of fused-ring (bicyclic) bond motifs is 1. The number of carbonyl (C=O) groups excluding carboxylic acids is 1. The van der Waals surface area contributed by atoms with Crippen molar-refractivity contribution < 1.29 is 9.53 Å². The highest BCUT2D eigenvalue weighted by Crippen LogP contribution is 2.12. The molecule has 1 aliphatic heterocycles. The van der Waals surface area contributed by atoms with E-state index in [4.69, 9.17) is 4.74 Å². The van der Waals surface area contributed by atoms with E-state index < -0.39 is 0 Å². The summed E-state index contributed by atoms with van der Waals surface area (Å²) in [5.41, 5.74) is 1.48. The zero-order valence-electron chi connectivity index (χ0n) is 13.5. The molecule has 0 saturated carbocycles. The molecule has 1 aliphatic rings. The van der Waals surface area contributed by atoms with Gasteiger partial charge in [-0.05, 0) is 25.0 Å². The molecule has 6 heteroatoms. The van der Waals surface area contributed by atoms with Crippen LogP contribution in [0.15, 0.2) is 29.3 Å². The topological polar surface area (TPSA) is 64.4 Å². The third kappa shape index (κ3) is 3.12. The van der Waals surface area contributed by atoms with Crippen molar-refractivity contribution >= 4 is 16.8 Å². The highest BCUT2D eigenvalue weighted by Gasteiger charge is 2.23. The van der Waals surface area contributed by atoms with Gasteiger partial charge in [-0.3, -0.25) is 14.2 Å². The average molecular weight is 315 g/mol. The van der Waals surface area contributed by atoms with Crippen LogP contribution in [-0.2, 0) is 16.1 Å². The second kappa shape index (κ2) is 6.50. The van der Waals surface area contributed by atoms with Crippen LogP contribution >= 0.6 is 0 Å². The smallest absolute Gasteiger partial charge is 0.261 e. The molecule has 3 rings (SSSR count). The number of carbonyl (C=O) groups is 1. The van der Waals surface area contributed by atoms with Gasteiger partial charge in [-0.25, -0.2) is 4.98 Å². The van der Waals surface area contributed by atoms with E-state index >= 15 is 0 Å². The Bertz CT molecular complexity index is 784. The molecule has 2 heterocycles. The highest BCUT2D eigenvalue weighted by atomic mass is 16.5. The van der Waals surface area contributed by atoms with Crippen molar-refractivity contribution in [1.29, 1.82) is 0 Å². The molecule has 0 radical (unpaired) electrons. The summed E-state index contributed by atoms with van der Waals surface area (Å²) in [7, 11) is 0. The molecular formula is C17H21N3O3. The second-order valence-electron chi connectivity index (χ2n) is 5.89. The lowest BCUT2D eigenvalue weighted by Crippen LogP contribution is -2.47. The molecule has 0 unspecified atom stereocenters. The maximum atomic E-state index is 12.5. The minimum Gasteiger partial charge on any atom is -0.375 e. The molecule has 1 fully saturated rings. The minimum absolute atomic E-state index is 0.0200. The van der Waals surface area contributed by atoms with Gasteiger partial charge in [-0.1, -0.05) is 19.1 Å². The van der Waals surface area contributed by atoms with Crippen LogP contribution in [0.5, 0.6) is 0 Å². The fourth-order valence-corrected chi connectivity index (χ4v) is 2.89. The number of ether oxygens (including phenoxy) is 1. The molecule has 0 aliphatic carbocycles. The maximum Gasteiger partial charge on any atom is 0.261 e. The first kappa shape index (κ1) is 15.7. The van der Waals surface area contributed by atoms with E-state index in [2.05, 4.69) is 4.98 Å². The lowest BCUT2D eigenvalue weighted by Gasteiger charge is -2.32. The van der Waals surface area contributed by atoms with E-state index in [1.807, 2.05) is 26.0 Å². The molecule has 23 heavy (non-hydrogen) atoms. The van der Waals surface area contributed by atoms with E-state index in [9.17, 15) is 9.59 Å². The largest absolute Gasteiger partial charge is 0.375 e. The summed E-state index contributed by atoms with van der Waals surface area (Å²) in [6.07, 6.45) is 2.43. The molecule has 1 aromatic carbocycles. The van der Waals surface area contributed by atoms with Gasteiger partial charge in [-0.2, -0.15) is 0 Å². The first-order valence-electron chi connectivity index (χ1n) is 7.94. The molecule has 1 aromatic heterocycles. The van der Waals surface area contributed by atoms with Crippen molar-refractivity contribution in [2.45, 2.75) is 32.9 Å². The number of hydrogen-bond donors (Lipinski definition) is 0. The third-order valence-corrected chi connectivity index (χ3v) is 4.31. The monoisotopic (exact) mass is 315 g/mol. The molecule has 0 bridgehead atoms. The zero-order chi connectivity index (χ0) is 16.4. The summed E-state index contributed by atoms with van der Waals surface area (Å²) in [5.74, 6) is -0.0670. The minimum atomic E-state index is -0.174. The van der Waals surface area contributed by atoms with Crippen molar-refractivity contribution in [3.8, 4) is 0 Å².